The maximum atomic E-state index is 12.1. The van der Waals surface area contributed by atoms with Crippen LogP contribution < -0.4 is 5.73 Å². The average Bonchev–Trinajstić information content (AvgIpc) is 2.38. The van der Waals surface area contributed by atoms with Crippen molar-refractivity contribution in [3.8, 4) is 0 Å². The summed E-state index contributed by atoms with van der Waals surface area (Å²) in [6, 6.07) is -0.0809. The first-order chi connectivity index (χ1) is 8.60. The van der Waals surface area contributed by atoms with Gasteiger partial charge >= 0.3 is 0 Å². The Morgan fingerprint density at radius 1 is 1.56 bits per heavy atom. The van der Waals surface area contributed by atoms with Gasteiger partial charge in [0, 0.05) is 26.2 Å². The number of amides is 1. The van der Waals surface area contributed by atoms with Crippen LogP contribution in [0.4, 0.5) is 0 Å². The number of likely N-dealkylation sites (tertiary alicyclic amines) is 1. The highest BCUT2D eigenvalue weighted by molar-refractivity contribution is 5.81. The molecule has 1 saturated heterocycles. The number of rotatable bonds is 6. The molecule has 4 heteroatoms. The molecule has 1 fully saturated rings. The summed E-state index contributed by atoms with van der Waals surface area (Å²) < 4.78 is 0. The highest BCUT2D eigenvalue weighted by Crippen LogP contribution is 2.16. The predicted octanol–water partition coefficient (Wildman–Crippen LogP) is 1.22. The molecule has 1 heterocycles. The van der Waals surface area contributed by atoms with Gasteiger partial charge in [-0.25, -0.2) is 0 Å². The summed E-state index contributed by atoms with van der Waals surface area (Å²) in [5, 5.41) is 0. The third-order valence-electron chi connectivity index (χ3n) is 3.73. The Morgan fingerprint density at radius 3 is 2.67 bits per heavy atom. The van der Waals surface area contributed by atoms with Crippen molar-refractivity contribution in [2.75, 3.05) is 26.7 Å². The molecule has 0 aromatic rings. The fraction of sp³-hybridized carbons (Fsp3) is 0.786. The van der Waals surface area contributed by atoms with Crippen LogP contribution in [0.1, 0.15) is 32.6 Å². The first-order valence-corrected chi connectivity index (χ1v) is 6.95. The molecular formula is C14H27N3O. The second-order valence-electron chi connectivity index (χ2n) is 5.15. The Hall–Kier alpha value is -0.870. The van der Waals surface area contributed by atoms with Gasteiger partial charge < -0.3 is 15.5 Å². The topological polar surface area (TPSA) is 49.6 Å². The van der Waals surface area contributed by atoms with Crippen LogP contribution in [0.15, 0.2) is 12.7 Å². The Balaban J connectivity index is 2.41. The first-order valence-electron chi connectivity index (χ1n) is 6.95. The summed E-state index contributed by atoms with van der Waals surface area (Å²) in [6.07, 6.45) is 5.58. The second kappa shape index (κ2) is 7.54. The lowest BCUT2D eigenvalue weighted by Gasteiger charge is -2.37. The number of carbonyl (C=O) groups excluding carboxylic acids is 1. The molecule has 1 atom stereocenters. The molecule has 4 nitrogen and oxygen atoms in total. The van der Waals surface area contributed by atoms with E-state index >= 15 is 0 Å². The van der Waals surface area contributed by atoms with Crippen LogP contribution in [0.5, 0.6) is 0 Å². The molecule has 0 saturated carbocycles. The molecule has 0 spiro atoms. The fourth-order valence-corrected chi connectivity index (χ4v) is 2.57. The summed E-state index contributed by atoms with van der Waals surface area (Å²) in [7, 11) is 1.88. The van der Waals surface area contributed by atoms with Crippen molar-refractivity contribution < 1.29 is 4.79 Å². The van der Waals surface area contributed by atoms with Crippen molar-refractivity contribution in [3.63, 3.8) is 0 Å². The SMILES string of the molecule is C=CCC(N)C(=O)N(C)C1CCN(CCC)CC1. The van der Waals surface area contributed by atoms with Gasteiger partial charge in [-0.1, -0.05) is 13.0 Å². The zero-order valence-corrected chi connectivity index (χ0v) is 11.8. The minimum atomic E-state index is -0.429. The molecule has 1 unspecified atom stereocenters. The molecule has 1 amide bonds. The lowest BCUT2D eigenvalue weighted by molar-refractivity contribution is -0.134. The van der Waals surface area contributed by atoms with E-state index in [2.05, 4.69) is 18.4 Å². The highest BCUT2D eigenvalue weighted by atomic mass is 16.2. The molecule has 0 bridgehead atoms. The van der Waals surface area contributed by atoms with Gasteiger partial charge in [0.15, 0.2) is 0 Å². The number of carbonyl (C=O) groups is 1. The van der Waals surface area contributed by atoms with E-state index in [1.807, 2.05) is 11.9 Å². The third kappa shape index (κ3) is 4.10. The predicted molar refractivity (Wildman–Crippen MR) is 75.3 cm³/mol. The van der Waals surface area contributed by atoms with Gasteiger partial charge in [-0.05, 0) is 32.2 Å². The summed E-state index contributed by atoms with van der Waals surface area (Å²) in [6.45, 7) is 9.18. The minimum Gasteiger partial charge on any atom is -0.341 e. The van der Waals surface area contributed by atoms with Gasteiger partial charge in [-0.2, -0.15) is 0 Å². The Kier molecular flexibility index (Phi) is 6.36. The van der Waals surface area contributed by atoms with Crippen LogP contribution in [-0.4, -0.2) is 54.5 Å². The number of likely N-dealkylation sites (N-methyl/N-ethyl adjacent to an activating group) is 1. The van der Waals surface area contributed by atoms with Crippen molar-refractivity contribution in [1.29, 1.82) is 0 Å². The Labute approximate surface area is 111 Å². The number of hydrogen-bond acceptors (Lipinski definition) is 3. The van der Waals surface area contributed by atoms with Gasteiger partial charge in [0.2, 0.25) is 5.91 Å². The maximum absolute atomic E-state index is 12.1. The van der Waals surface area contributed by atoms with Crippen LogP contribution in [0.3, 0.4) is 0 Å². The molecule has 104 valence electrons. The molecule has 18 heavy (non-hydrogen) atoms. The van der Waals surface area contributed by atoms with Crippen molar-refractivity contribution >= 4 is 5.91 Å². The first kappa shape index (κ1) is 15.2. The molecule has 1 aliphatic rings. The van der Waals surface area contributed by atoms with Crippen molar-refractivity contribution in [1.82, 2.24) is 9.80 Å². The van der Waals surface area contributed by atoms with Gasteiger partial charge in [0.05, 0.1) is 6.04 Å². The second-order valence-corrected chi connectivity index (χ2v) is 5.15. The highest BCUT2D eigenvalue weighted by Gasteiger charge is 2.27. The molecule has 0 aromatic heterocycles. The van der Waals surface area contributed by atoms with Crippen LogP contribution in [-0.2, 0) is 4.79 Å². The van der Waals surface area contributed by atoms with Crippen molar-refractivity contribution in [2.24, 2.45) is 5.73 Å². The van der Waals surface area contributed by atoms with E-state index in [0.717, 1.165) is 25.9 Å². The maximum Gasteiger partial charge on any atom is 0.239 e. The monoisotopic (exact) mass is 253 g/mol. The lowest BCUT2D eigenvalue weighted by atomic mass is 10.0. The quantitative estimate of drug-likeness (QED) is 0.724. The van der Waals surface area contributed by atoms with Gasteiger partial charge in [0.25, 0.3) is 0 Å². The summed E-state index contributed by atoms with van der Waals surface area (Å²) >= 11 is 0. The van der Waals surface area contributed by atoms with Gasteiger partial charge in [-0.3, -0.25) is 4.79 Å². The van der Waals surface area contributed by atoms with Gasteiger partial charge in [0.1, 0.15) is 0 Å². The zero-order valence-electron chi connectivity index (χ0n) is 11.8. The smallest absolute Gasteiger partial charge is 0.239 e. The zero-order chi connectivity index (χ0) is 13.5. The van der Waals surface area contributed by atoms with E-state index in [4.69, 9.17) is 5.73 Å². The lowest BCUT2D eigenvalue weighted by Crippen LogP contribution is -2.50. The number of nitrogens with zero attached hydrogens (tertiary/aromatic N) is 2. The van der Waals surface area contributed by atoms with Crippen LogP contribution in [0, 0.1) is 0 Å². The molecule has 2 N–H and O–H groups in total. The number of nitrogens with two attached hydrogens (primary N) is 1. The molecular weight excluding hydrogens is 226 g/mol. The van der Waals surface area contributed by atoms with E-state index in [0.29, 0.717) is 12.5 Å². The Bertz CT molecular complexity index is 272. The normalized spacial score (nSPS) is 19.5. The van der Waals surface area contributed by atoms with E-state index in [1.165, 1.54) is 13.0 Å². The van der Waals surface area contributed by atoms with Gasteiger partial charge in [-0.15, -0.1) is 6.58 Å². The Morgan fingerprint density at radius 2 is 2.17 bits per heavy atom. The van der Waals surface area contributed by atoms with Crippen molar-refractivity contribution in [3.05, 3.63) is 12.7 Å². The molecule has 1 aliphatic heterocycles. The number of piperidine rings is 1. The van der Waals surface area contributed by atoms with Crippen LogP contribution in [0.2, 0.25) is 0 Å². The molecule has 0 aliphatic carbocycles. The molecule has 0 radical (unpaired) electrons. The van der Waals surface area contributed by atoms with Crippen LogP contribution in [0.25, 0.3) is 0 Å². The van der Waals surface area contributed by atoms with Crippen LogP contribution >= 0.6 is 0 Å². The largest absolute Gasteiger partial charge is 0.341 e. The standard InChI is InChI=1S/C14H27N3O/c1-4-6-13(15)14(18)16(3)12-7-10-17(9-5-2)11-8-12/h4,12-13H,1,5-11,15H2,2-3H3. The number of hydrogen-bond donors (Lipinski definition) is 1. The summed E-state index contributed by atoms with van der Waals surface area (Å²) in [5.74, 6) is 0.0452. The van der Waals surface area contributed by atoms with E-state index in [9.17, 15) is 4.79 Å². The third-order valence-corrected chi connectivity index (χ3v) is 3.73. The minimum absolute atomic E-state index is 0.0452. The summed E-state index contributed by atoms with van der Waals surface area (Å²) in [4.78, 5) is 16.4. The van der Waals surface area contributed by atoms with Crippen molar-refractivity contribution in [2.45, 2.75) is 44.7 Å². The average molecular weight is 253 g/mol. The fourth-order valence-electron chi connectivity index (χ4n) is 2.57. The molecule has 1 rings (SSSR count). The van der Waals surface area contributed by atoms with E-state index in [1.54, 1.807) is 6.08 Å². The molecule has 0 aromatic carbocycles. The van der Waals surface area contributed by atoms with E-state index < -0.39 is 6.04 Å². The summed E-state index contributed by atoms with van der Waals surface area (Å²) in [5.41, 5.74) is 5.84. The van der Waals surface area contributed by atoms with E-state index in [-0.39, 0.29) is 5.91 Å².